The Kier molecular flexibility index (Phi) is 5.76. The molecule has 7 heteroatoms. The van der Waals surface area contributed by atoms with E-state index < -0.39 is 0 Å². The van der Waals surface area contributed by atoms with Crippen LogP contribution in [-0.4, -0.2) is 33.4 Å². The molecule has 4 aromatic rings. The number of aromatic nitrogens is 3. The van der Waals surface area contributed by atoms with Crippen molar-refractivity contribution in [1.82, 2.24) is 19.9 Å². The third-order valence-corrected chi connectivity index (χ3v) is 5.45. The van der Waals surface area contributed by atoms with Gasteiger partial charge in [-0.05, 0) is 35.4 Å². The number of benzene rings is 2. The third kappa shape index (κ3) is 4.41. The highest BCUT2D eigenvalue weighted by molar-refractivity contribution is 7.99. The van der Waals surface area contributed by atoms with Crippen LogP contribution in [0.4, 0.5) is 0 Å². The first-order chi connectivity index (χ1) is 14.2. The Hall–Kier alpha value is -3.32. The van der Waals surface area contributed by atoms with Crippen molar-refractivity contribution < 1.29 is 9.53 Å². The van der Waals surface area contributed by atoms with Gasteiger partial charge in [-0.1, -0.05) is 60.3 Å². The molecule has 2 aromatic heterocycles. The first-order valence-electron chi connectivity index (χ1n) is 9.15. The van der Waals surface area contributed by atoms with Gasteiger partial charge in [0.15, 0.2) is 10.8 Å². The van der Waals surface area contributed by atoms with Crippen LogP contribution in [0.2, 0.25) is 0 Å². The molecule has 2 heterocycles. The molecule has 1 amide bonds. The molecule has 0 aliphatic carbocycles. The molecular formula is C22H20N4O2S. The minimum atomic E-state index is -0.245. The van der Waals surface area contributed by atoms with Gasteiger partial charge in [-0.25, -0.2) is 0 Å². The number of fused-ring (bicyclic) bond motifs is 1. The number of amides is 1. The molecule has 0 radical (unpaired) electrons. The average Bonchev–Trinajstić information content (AvgIpc) is 3.20. The number of carbonyl (C=O) groups is 1. The molecule has 1 atom stereocenters. The standard InChI is InChI=1S/C22H20N4O2S/c1-28-18-12-10-17(11-13-18)21(16-7-3-2-4-8-16)23-20(27)15-29-22-25-24-19-9-5-6-14-26(19)22/h2-14,21H,15H2,1H3,(H,23,27)/t21-/m0/s1. The number of carbonyl (C=O) groups excluding carboxylic acids is 1. The average molecular weight is 404 g/mol. The normalized spacial score (nSPS) is 11.9. The maximum absolute atomic E-state index is 12.7. The monoisotopic (exact) mass is 404 g/mol. The maximum Gasteiger partial charge on any atom is 0.231 e. The number of thioether (sulfide) groups is 1. The van der Waals surface area contributed by atoms with Crippen LogP contribution in [0.25, 0.3) is 5.65 Å². The van der Waals surface area contributed by atoms with Gasteiger partial charge in [-0.2, -0.15) is 0 Å². The zero-order valence-electron chi connectivity index (χ0n) is 15.9. The summed E-state index contributed by atoms with van der Waals surface area (Å²) < 4.78 is 7.12. The lowest BCUT2D eigenvalue weighted by Gasteiger charge is -2.20. The van der Waals surface area contributed by atoms with E-state index in [4.69, 9.17) is 4.74 Å². The Morgan fingerprint density at radius 2 is 1.72 bits per heavy atom. The van der Waals surface area contributed by atoms with Gasteiger partial charge in [0.2, 0.25) is 5.91 Å². The van der Waals surface area contributed by atoms with E-state index in [0.717, 1.165) is 22.5 Å². The number of hydrogen-bond acceptors (Lipinski definition) is 5. The predicted octanol–water partition coefficient (Wildman–Crippen LogP) is 3.74. The minimum absolute atomic E-state index is 0.0765. The first-order valence-corrected chi connectivity index (χ1v) is 10.1. The second kappa shape index (κ2) is 8.79. The molecule has 4 rings (SSSR count). The molecule has 0 spiro atoms. The Labute approximate surface area is 172 Å². The van der Waals surface area contributed by atoms with Crippen molar-refractivity contribution in [2.24, 2.45) is 0 Å². The number of rotatable bonds is 7. The van der Waals surface area contributed by atoms with Crippen LogP contribution >= 0.6 is 11.8 Å². The number of methoxy groups -OCH3 is 1. The molecule has 0 bridgehead atoms. The molecule has 0 saturated heterocycles. The molecule has 146 valence electrons. The van der Waals surface area contributed by atoms with E-state index in [9.17, 15) is 4.79 Å². The highest BCUT2D eigenvalue weighted by atomic mass is 32.2. The van der Waals surface area contributed by atoms with Crippen LogP contribution in [0.15, 0.2) is 84.1 Å². The molecule has 6 nitrogen and oxygen atoms in total. The number of nitrogens with one attached hydrogen (secondary N) is 1. The maximum atomic E-state index is 12.7. The molecule has 0 unspecified atom stereocenters. The lowest BCUT2D eigenvalue weighted by molar-refractivity contribution is -0.119. The molecule has 0 aliphatic heterocycles. The summed E-state index contributed by atoms with van der Waals surface area (Å²) in [5.74, 6) is 0.948. The zero-order valence-corrected chi connectivity index (χ0v) is 16.7. The van der Waals surface area contributed by atoms with E-state index in [2.05, 4.69) is 15.5 Å². The van der Waals surface area contributed by atoms with Crippen LogP contribution in [0, 0.1) is 0 Å². The first kappa shape index (κ1) is 19.0. The topological polar surface area (TPSA) is 68.5 Å². The molecule has 0 fully saturated rings. The van der Waals surface area contributed by atoms with Gasteiger partial charge in [0.25, 0.3) is 0 Å². The largest absolute Gasteiger partial charge is 0.497 e. The van der Waals surface area contributed by atoms with Crippen molar-refractivity contribution in [3.8, 4) is 5.75 Å². The van der Waals surface area contributed by atoms with Crippen molar-refractivity contribution in [1.29, 1.82) is 0 Å². The minimum Gasteiger partial charge on any atom is -0.497 e. The Bertz CT molecular complexity index is 1100. The van der Waals surface area contributed by atoms with Gasteiger partial charge in [0.05, 0.1) is 18.9 Å². The predicted molar refractivity (Wildman–Crippen MR) is 113 cm³/mol. The van der Waals surface area contributed by atoms with E-state index >= 15 is 0 Å². The van der Waals surface area contributed by atoms with Gasteiger partial charge < -0.3 is 10.1 Å². The van der Waals surface area contributed by atoms with Gasteiger partial charge in [-0.15, -0.1) is 10.2 Å². The van der Waals surface area contributed by atoms with Crippen LogP contribution in [0.5, 0.6) is 5.75 Å². The highest BCUT2D eigenvalue weighted by Gasteiger charge is 2.18. The number of pyridine rings is 1. The number of nitrogens with zero attached hydrogens (tertiary/aromatic N) is 3. The second-order valence-corrected chi connectivity index (χ2v) is 7.33. The molecule has 29 heavy (non-hydrogen) atoms. The summed E-state index contributed by atoms with van der Waals surface area (Å²) in [7, 11) is 1.64. The Morgan fingerprint density at radius 1 is 1.00 bits per heavy atom. The van der Waals surface area contributed by atoms with Crippen molar-refractivity contribution in [2.75, 3.05) is 12.9 Å². The fraction of sp³-hybridized carbons (Fsp3) is 0.136. The van der Waals surface area contributed by atoms with Crippen LogP contribution in [0.3, 0.4) is 0 Å². The second-order valence-electron chi connectivity index (χ2n) is 6.38. The quantitative estimate of drug-likeness (QED) is 0.475. The summed E-state index contributed by atoms with van der Waals surface area (Å²) in [5, 5.41) is 12.1. The van der Waals surface area contributed by atoms with Crippen molar-refractivity contribution in [2.45, 2.75) is 11.2 Å². The fourth-order valence-electron chi connectivity index (χ4n) is 3.05. The lowest BCUT2D eigenvalue weighted by atomic mass is 9.98. The van der Waals surface area contributed by atoms with Gasteiger partial charge >= 0.3 is 0 Å². The zero-order chi connectivity index (χ0) is 20.1. The molecule has 0 aliphatic rings. The van der Waals surface area contributed by atoms with E-state index in [-0.39, 0.29) is 17.7 Å². The van der Waals surface area contributed by atoms with E-state index in [1.165, 1.54) is 11.8 Å². The van der Waals surface area contributed by atoms with Crippen molar-refractivity contribution in [3.05, 3.63) is 90.1 Å². The van der Waals surface area contributed by atoms with Crippen LogP contribution in [0.1, 0.15) is 17.2 Å². The molecular weight excluding hydrogens is 384 g/mol. The van der Waals surface area contributed by atoms with Crippen molar-refractivity contribution >= 4 is 23.3 Å². The fourth-order valence-corrected chi connectivity index (χ4v) is 3.79. The summed E-state index contributed by atoms with van der Waals surface area (Å²) in [5.41, 5.74) is 2.77. The van der Waals surface area contributed by atoms with E-state index in [1.54, 1.807) is 7.11 Å². The summed E-state index contributed by atoms with van der Waals surface area (Å²) in [4.78, 5) is 12.7. The Morgan fingerprint density at radius 3 is 2.48 bits per heavy atom. The molecule has 0 saturated carbocycles. The SMILES string of the molecule is COc1ccc([C@@H](NC(=O)CSc2nnc3ccccn23)c2ccccc2)cc1. The van der Waals surface area contributed by atoms with Crippen molar-refractivity contribution in [3.63, 3.8) is 0 Å². The smallest absolute Gasteiger partial charge is 0.231 e. The summed E-state index contributed by atoms with van der Waals surface area (Å²) in [6.07, 6.45) is 1.89. The summed E-state index contributed by atoms with van der Waals surface area (Å²) >= 11 is 1.36. The van der Waals surface area contributed by atoms with E-state index in [0.29, 0.717) is 5.16 Å². The van der Waals surface area contributed by atoms with Gasteiger partial charge in [-0.3, -0.25) is 9.20 Å². The number of hydrogen-bond donors (Lipinski definition) is 1. The Balaban J connectivity index is 1.50. The van der Waals surface area contributed by atoms with Crippen LogP contribution in [-0.2, 0) is 4.79 Å². The van der Waals surface area contributed by atoms with E-state index in [1.807, 2.05) is 83.4 Å². The lowest BCUT2D eigenvalue weighted by Crippen LogP contribution is -2.30. The van der Waals surface area contributed by atoms with Gasteiger partial charge in [0.1, 0.15) is 5.75 Å². The molecule has 2 aromatic carbocycles. The third-order valence-electron chi connectivity index (χ3n) is 4.50. The molecule has 1 N–H and O–H groups in total. The van der Waals surface area contributed by atoms with Gasteiger partial charge in [0, 0.05) is 6.20 Å². The highest BCUT2D eigenvalue weighted by Crippen LogP contribution is 2.25. The summed E-state index contributed by atoms with van der Waals surface area (Å²) in [6.45, 7) is 0. The summed E-state index contributed by atoms with van der Waals surface area (Å²) in [6, 6.07) is 23.1. The van der Waals surface area contributed by atoms with Crippen LogP contribution < -0.4 is 10.1 Å². The number of ether oxygens (including phenoxy) is 1.